The summed E-state index contributed by atoms with van der Waals surface area (Å²) in [6.45, 7) is 3.80. The topological polar surface area (TPSA) is 41.1 Å². The number of hydrogen-bond donors (Lipinski definition) is 2. The van der Waals surface area contributed by atoms with E-state index in [0.29, 0.717) is 22.3 Å². The molecule has 3 nitrogen and oxygen atoms in total. The molecule has 0 spiro atoms. The normalized spacial score (nSPS) is 10.3. The molecule has 5 heteroatoms. The molecule has 2 aromatic carbocycles. The van der Waals surface area contributed by atoms with E-state index >= 15 is 0 Å². The van der Waals surface area contributed by atoms with E-state index in [2.05, 4.69) is 26.6 Å². The summed E-state index contributed by atoms with van der Waals surface area (Å²) in [7, 11) is 0. The van der Waals surface area contributed by atoms with Crippen molar-refractivity contribution in [3.63, 3.8) is 0 Å². The van der Waals surface area contributed by atoms with E-state index in [-0.39, 0.29) is 11.7 Å². The predicted octanol–water partition coefficient (Wildman–Crippen LogP) is 4.47. The lowest BCUT2D eigenvalue weighted by atomic mass is 10.1. The van der Waals surface area contributed by atoms with Crippen molar-refractivity contribution in [3.8, 4) is 0 Å². The van der Waals surface area contributed by atoms with Crippen LogP contribution in [0.5, 0.6) is 0 Å². The molecule has 0 saturated carbocycles. The predicted molar refractivity (Wildman–Crippen MR) is 86.9 cm³/mol. The van der Waals surface area contributed by atoms with Crippen molar-refractivity contribution in [3.05, 3.63) is 57.8 Å². The second-order valence-corrected chi connectivity index (χ2v) is 5.72. The van der Waals surface area contributed by atoms with E-state index in [1.165, 1.54) is 13.0 Å². The average molecular weight is 351 g/mol. The Morgan fingerprint density at radius 2 is 2.00 bits per heavy atom. The highest BCUT2D eigenvalue weighted by Crippen LogP contribution is 2.22. The lowest BCUT2D eigenvalue weighted by molar-refractivity contribution is -0.114. The summed E-state index contributed by atoms with van der Waals surface area (Å²) in [5.74, 6) is -0.378. The third-order valence-corrected chi connectivity index (χ3v) is 3.54. The van der Waals surface area contributed by atoms with Crippen molar-refractivity contribution in [1.29, 1.82) is 0 Å². The summed E-state index contributed by atoms with van der Waals surface area (Å²) < 4.78 is 14.5. The molecule has 110 valence electrons. The summed E-state index contributed by atoms with van der Waals surface area (Å²) in [6, 6.07) is 10.6. The zero-order valence-electron chi connectivity index (χ0n) is 11.8. The molecule has 0 aliphatic rings. The van der Waals surface area contributed by atoms with E-state index in [1.54, 1.807) is 12.1 Å². The fourth-order valence-electron chi connectivity index (χ4n) is 1.95. The van der Waals surface area contributed by atoms with Crippen molar-refractivity contribution in [1.82, 2.24) is 0 Å². The van der Waals surface area contributed by atoms with Crippen LogP contribution in [-0.4, -0.2) is 5.91 Å². The van der Waals surface area contributed by atoms with Crippen molar-refractivity contribution < 1.29 is 9.18 Å². The maximum atomic E-state index is 13.8. The summed E-state index contributed by atoms with van der Waals surface area (Å²) in [6.07, 6.45) is 0. The lowest BCUT2D eigenvalue weighted by Gasteiger charge is -2.12. The highest BCUT2D eigenvalue weighted by molar-refractivity contribution is 9.10. The van der Waals surface area contributed by atoms with E-state index in [1.807, 2.05) is 25.1 Å². The molecule has 2 aromatic rings. The molecule has 2 rings (SSSR count). The molecule has 0 bridgehead atoms. The number of halogens is 2. The Bertz CT molecular complexity index is 673. The largest absolute Gasteiger partial charge is 0.381 e. The van der Waals surface area contributed by atoms with Crippen LogP contribution in [0.4, 0.5) is 15.8 Å². The Balaban J connectivity index is 2.13. The third-order valence-electron chi connectivity index (χ3n) is 3.04. The molecule has 21 heavy (non-hydrogen) atoms. The van der Waals surface area contributed by atoms with Gasteiger partial charge in [-0.05, 0) is 36.8 Å². The SMILES string of the molecule is CC(=O)Nc1ccc(C)c(NCc2ccc(Br)cc2F)c1. The molecule has 0 heterocycles. The summed E-state index contributed by atoms with van der Waals surface area (Å²) >= 11 is 3.24. The Labute approximate surface area is 131 Å². The number of carbonyl (C=O) groups is 1. The average Bonchev–Trinajstić information content (AvgIpc) is 2.40. The van der Waals surface area contributed by atoms with E-state index in [9.17, 15) is 9.18 Å². The first-order chi connectivity index (χ1) is 9.95. The number of benzene rings is 2. The molecule has 2 N–H and O–H groups in total. The lowest BCUT2D eigenvalue weighted by Crippen LogP contribution is -2.07. The number of aryl methyl sites for hydroxylation is 1. The molecule has 0 aliphatic heterocycles. The van der Waals surface area contributed by atoms with Gasteiger partial charge in [-0.3, -0.25) is 4.79 Å². The number of rotatable bonds is 4. The third kappa shape index (κ3) is 4.29. The molecule has 0 fully saturated rings. The van der Waals surface area contributed by atoms with Gasteiger partial charge in [0.15, 0.2) is 0 Å². The Morgan fingerprint density at radius 3 is 2.67 bits per heavy atom. The zero-order chi connectivity index (χ0) is 15.4. The number of nitrogens with one attached hydrogen (secondary N) is 2. The van der Waals surface area contributed by atoms with Crippen LogP contribution >= 0.6 is 15.9 Å². The molecule has 0 unspecified atom stereocenters. The Morgan fingerprint density at radius 1 is 1.24 bits per heavy atom. The summed E-state index contributed by atoms with van der Waals surface area (Å²) in [5.41, 5.74) is 3.19. The molecule has 0 aliphatic carbocycles. The molecule has 0 radical (unpaired) electrons. The minimum atomic E-state index is -0.257. The molecule has 0 aromatic heterocycles. The van der Waals surface area contributed by atoms with Gasteiger partial charge in [0, 0.05) is 34.9 Å². The van der Waals surface area contributed by atoms with Crippen LogP contribution in [0.2, 0.25) is 0 Å². The van der Waals surface area contributed by atoms with Gasteiger partial charge in [-0.2, -0.15) is 0 Å². The first-order valence-corrected chi connectivity index (χ1v) is 7.31. The zero-order valence-corrected chi connectivity index (χ0v) is 13.4. The van der Waals surface area contributed by atoms with Crippen LogP contribution in [0.15, 0.2) is 40.9 Å². The fraction of sp³-hybridized carbons (Fsp3) is 0.188. The van der Waals surface area contributed by atoms with Crippen molar-refractivity contribution in [2.45, 2.75) is 20.4 Å². The van der Waals surface area contributed by atoms with Crippen LogP contribution in [0.1, 0.15) is 18.1 Å². The van der Waals surface area contributed by atoms with Gasteiger partial charge >= 0.3 is 0 Å². The molecular formula is C16H16BrFN2O. The minimum Gasteiger partial charge on any atom is -0.381 e. The standard InChI is InChI=1S/C16H16BrFN2O/c1-10-3-6-14(20-11(2)21)8-16(10)19-9-12-4-5-13(17)7-15(12)18/h3-8,19H,9H2,1-2H3,(H,20,21). The number of anilines is 2. The van der Waals surface area contributed by atoms with Gasteiger partial charge in [0.05, 0.1) is 0 Å². The van der Waals surface area contributed by atoms with Crippen molar-refractivity contribution >= 4 is 33.2 Å². The first kappa shape index (κ1) is 15.5. The highest BCUT2D eigenvalue weighted by Gasteiger charge is 2.05. The minimum absolute atomic E-state index is 0.122. The van der Waals surface area contributed by atoms with Crippen molar-refractivity contribution in [2.75, 3.05) is 10.6 Å². The van der Waals surface area contributed by atoms with Gasteiger partial charge in [0.1, 0.15) is 5.82 Å². The van der Waals surface area contributed by atoms with Gasteiger partial charge in [-0.25, -0.2) is 4.39 Å². The van der Waals surface area contributed by atoms with Crippen LogP contribution in [0.3, 0.4) is 0 Å². The summed E-state index contributed by atoms with van der Waals surface area (Å²) in [4.78, 5) is 11.1. The van der Waals surface area contributed by atoms with Gasteiger partial charge < -0.3 is 10.6 Å². The van der Waals surface area contributed by atoms with Crippen LogP contribution in [0, 0.1) is 12.7 Å². The number of carbonyl (C=O) groups excluding carboxylic acids is 1. The first-order valence-electron chi connectivity index (χ1n) is 6.52. The smallest absolute Gasteiger partial charge is 0.221 e. The van der Waals surface area contributed by atoms with Gasteiger partial charge in [-0.15, -0.1) is 0 Å². The highest BCUT2D eigenvalue weighted by atomic mass is 79.9. The second-order valence-electron chi connectivity index (χ2n) is 4.80. The second kappa shape index (κ2) is 6.72. The maximum absolute atomic E-state index is 13.8. The van der Waals surface area contributed by atoms with Crippen LogP contribution in [-0.2, 0) is 11.3 Å². The Kier molecular flexibility index (Phi) is 4.96. The van der Waals surface area contributed by atoms with Crippen LogP contribution in [0.25, 0.3) is 0 Å². The van der Waals surface area contributed by atoms with Gasteiger partial charge in [0.25, 0.3) is 0 Å². The molecule has 0 atom stereocenters. The fourth-order valence-corrected chi connectivity index (χ4v) is 2.28. The monoisotopic (exact) mass is 350 g/mol. The number of amides is 1. The molecular weight excluding hydrogens is 335 g/mol. The quantitative estimate of drug-likeness (QED) is 0.854. The van der Waals surface area contributed by atoms with Gasteiger partial charge in [-0.1, -0.05) is 28.1 Å². The summed E-state index contributed by atoms with van der Waals surface area (Å²) in [5, 5.41) is 5.93. The molecule has 1 amide bonds. The van der Waals surface area contributed by atoms with E-state index < -0.39 is 0 Å². The maximum Gasteiger partial charge on any atom is 0.221 e. The van der Waals surface area contributed by atoms with Crippen LogP contribution < -0.4 is 10.6 Å². The van der Waals surface area contributed by atoms with Gasteiger partial charge in [0.2, 0.25) is 5.91 Å². The van der Waals surface area contributed by atoms with E-state index in [4.69, 9.17) is 0 Å². The Hall–Kier alpha value is -1.88. The number of hydrogen-bond acceptors (Lipinski definition) is 2. The molecule has 0 saturated heterocycles. The van der Waals surface area contributed by atoms with E-state index in [0.717, 1.165) is 11.3 Å². The van der Waals surface area contributed by atoms with Crippen molar-refractivity contribution in [2.24, 2.45) is 0 Å².